The van der Waals surface area contributed by atoms with Gasteiger partial charge in [-0.1, -0.05) is 18.3 Å². The highest BCUT2D eigenvalue weighted by atomic mass is 32.2. The number of rotatable bonds is 2. The number of aromatic amines is 1. The smallest absolute Gasteiger partial charge is 0.305 e. The van der Waals surface area contributed by atoms with Gasteiger partial charge >= 0.3 is 4.87 Å². The molecule has 0 bridgehead atoms. The van der Waals surface area contributed by atoms with E-state index >= 15 is 0 Å². The molecule has 1 aromatic rings. The van der Waals surface area contributed by atoms with Gasteiger partial charge in [-0.15, -0.1) is 0 Å². The number of nitrogens with two attached hydrogens (primary N) is 1. The number of sulfonamides is 1. The Bertz CT molecular complexity index is 590. The number of piperidine rings is 1. The maximum atomic E-state index is 12.4. The summed E-state index contributed by atoms with van der Waals surface area (Å²) in [5.41, 5.74) is 6.31. The zero-order chi connectivity index (χ0) is 13.5. The van der Waals surface area contributed by atoms with Gasteiger partial charge in [0, 0.05) is 24.8 Å². The number of hydrogen-bond acceptors (Lipinski definition) is 5. The Morgan fingerprint density at radius 1 is 1.50 bits per heavy atom. The highest BCUT2D eigenvalue weighted by molar-refractivity contribution is 7.91. The number of thiazole rings is 1. The molecule has 0 aliphatic carbocycles. The van der Waals surface area contributed by atoms with E-state index in [9.17, 15) is 13.2 Å². The van der Waals surface area contributed by atoms with E-state index in [2.05, 4.69) is 4.98 Å². The van der Waals surface area contributed by atoms with Crippen LogP contribution in [0.15, 0.2) is 9.00 Å². The molecular formula is C10H17N3O3S2. The van der Waals surface area contributed by atoms with E-state index in [1.165, 1.54) is 4.31 Å². The van der Waals surface area contributed by atoms with Crippen LogP contribution in [0, 0.1) is 12.8 Å². The van der Waals surface area contributed by atoms with Crippen LogP contribution in [-0.4, -0.2) is 36.8 Å². The average Bonchev–Trinajstić information content (AvgIpc) is 2.62. The van der Waals surface area contributed by atoms with Gasteiger partial charge in [0.2, 0.25) is 0 Å². The summed E-state index contributed by atoms with van der Waals surface area (Å²) in [5.74, 6) is 0.322. The summed E-state index contributed by atoms with van der Waals surface area (Å²) < 4.78 is 26.3. The maximum Gasteiger partial charge on any atom is 0.305 e. The number of nitrogens with one attached hydrogen (secondary N) is 1. The molecule has 2 rings (SSSR count). The molecule has 0 saturated carbocycles. The molecule has 1 aliphatic rings. The van der Waals surface area contributed by atoms with Crippen LogP contribution in [0.4, 0.5) is 0 Å². The Morgan fingerprint density at radius 3 is 2.67 bits per heavy atom. The van der Waals surface area contributed by atoms with Gasteiger partial charge < -0.3 is 10.7 Å². The fourth-order valence-electron chi connectivity index (χ4n) is 2.04. The second kappa shape index (κ2) is 4.76. The lowest BCUT2D eigenvalue weighted by molar-refractivity contribution is 0.253. The van der Waals surface area contributed by atoms with Gasteiger partial charge in [-0.25, -0.2) is 8.42 Å². The van der Waals surface area contributed by atoms with Crippen LogP contribution >= 0.6 is 11.3 Å². The van der Waals surface area contributed by atoms with Crippen LogP contribution in [0.2, 0.25) is 0 Å². The lowest BCUT2D eigenvalue weighted by Gasteiger charge is -2.33. The van der Waals surface area contributed by atoms with E-state index in [1.54, 1.807) is 6.92 Å². The zero-order valence-corrected chi connectivity index (χ0v) is 12.0. The summed E-state index contributed by atoms with van der Waals surface area (Å²) in [7, 11) is -3.59. The van der Waals surface area contributed by atoms with Crippen molar-refractivity contribution in [3.8, 4) is 0 Å². The summed E-state index contributed by atoms with van der Waals surface area (Å²) in [6.07, 6.45) is 0.749. The monoisotopic (exact) mass is 291 g/mol. The molecule has 6 nitrogen and oxygen atoms in total. The van der Waals surface area contributed by atoms with Crippen LogP contribution in [0.1, 0.15) is 19.0 Å². The Labute approximate surface area is 110 Å². The van der Waals surface area contributed by atoms with Gasteiger partial charge in [-0.2, -0.15) is 4.31 Å². The normalized spacial score (nSPS) is 26.4. The summed E-state index contributed by atoms with van der Waals surface area (Å²) in [6, 6.07) is -0.149. The summed E-state index contributed by atoms with van der Waals surface area (Å²) in [4.78, 5) is 13.4. The number of aromatic nitrogens is 1. The lowest BCUT2D eigenvalue weighted by atomic mass is 9.96. The molecule has 1 aromatic heterocycles. The second-order valence-electron chi connectivity index (χ2n) is 4.72. The van der Waals surface area contributed by atoms with E-state index in [0.717, 1.165) is 17.8 Å². The van der Waals surface area contributed by atoms with Gasteiger partial charge in [0.1, 0.15) is 0 Å². The van der Waals surface area contributed by atoms with Gasteiger partial charge in [-0.05, 0) is 19.3 Å². The van der Waals surface area contributed by atoms with Crippen molar-refractivity contribution in [3.63, 3.8) is 0 Å². The van der Waals surface area contributed by atoms with E-state index < -0.39 is 10.0 Å². The summed E-state index contributed by atoms with van der Waals surface area (Å²) in [5, 5.41) is 0. The van der Waals surface area contributed by atoms with Crippen molar-refractivity contribution < 1.29 is 8.42 Å². The van der Waals surface area contributed by atoms with E-state index in [1.807, 2.05) is 6.92 Å². The highest BCUT2D eigenvalue weighted by Gasteiger charge is 2.34. The summed E-state index contributed by atoms with van der Waals surface area (Å²) in [6.45, 7) is 4.39. The van der Waals surface area contributed by atoms with Crippen molar-refractivity contribution in [2.45, 2.75) is 30.5 Å². The molecule has 2 atom stereocenters. The maximum absolute atomic E-state index is 12.4. The van der Waals surface area contributed by atoms with E-state index in [0.29, 0.717) is 24.7 Å². The molecule has 0 aromatic carbocycles. The average molecular weight is 291 g/mol. The Morgan fingerprint density at radius 2 is 2.17 bits per heavy atom. The van der Waals surface area contributed by atoms with Gasteiger partial charge in [-0.3, -0.25) is 4.79 Å². The topological polar surface area (TPSA) is 96.3 Å². The van der Waals surface area contributed by atoms with Crippen LogP contribution < -0.4 is 10.6 Å². The third-order valence-corrected chi connectivity index (χ3v) is 6.78. The summed E-state index contributed by atoms with van der Waals surface area (Å²) >= 11 is 0.735. The third-order valence-electron chi connectivity index (χ3n) is 3.33. The van der Waals surface area contributed by atoms with E-state index in [4.69, 9.17) is 5.73 Å². The largest absolute Gasteiger partial charge is 0.326 e. The quantitative estimate of drug-likeness (QED) is 0.808. The predicted octanol–water partition coefficient (Wildman–Crippen LogP) is 0.103. The van der Waals surface area contributed by atoms with Crippen molar-refractivity contribution in [2.75, 3.05) is 13.1 Å². The van der Waals surface area contributed by atoms with Crippen molar-refractivity contribution >= 4 is 21.4 Å². The molecule has 2 heterocycles. The molecule has 8 heteroatoms. The second-order valence-corrected chi connectivity index (χ2v) is 7.84. The molecule has 0 radical (unpaired) electrons. The minimum Gasteiger partial charge on any atom is -0.326 e. The van der Waals surface area contributed by atoms with Gasteiger partial charge in [0.05, 0.1) is 0 Å². The van der Waals surface area contributed by atoms with Crippen LogP contribution in [-0.2, 0) is 10.0 Å². The third kappa shape index (κ3) is 2.37. The van der Waals surface area contributed by atoms with Crippen molar-refractivity contribution in [1.82, 2.24) is 9.29 Å². The first kappa shape index (κ1) is 13.7. The molecule has 1 fully saturated rings. The van der Waals surface area contributed by atoms with Crippen molar-refractivity contribution in [2.24, 2.45) is 11.7 Å². The molecule has 1 aliphatic heterocycles. The Hall–Kier alpha value is -0.700. The minimum absolute atomic E-state index is 0.106. The molecule has 102 valence electrons. The SMILES string of the molecule is Cc1[nH]c(=O)sc1S(=O)(=O)N1CCC(C)C(N)C1. The molecule has 0 spiro atoms. The molecular weight excluding hydrogens is 274 g/mol. The Balaban J connectivity index is 2.32. The van der Waals surface area contributed by atoms with Crippen molar-refractivity contribution in [3.05, 3.63) is 15.4 Å². The molecule has 3 N–H and O–H groups in total. The standard InChI is InChI=1S/C10H17N3O3S2/c1-6-3-4-13(5-8(6)11)18(15,16)9-7(2)12-10(14)17-9/h6,8H,3-5,11H2,1-2H3,(H,12,14). The fourth-order valence-corrected chi connectivity index (χ4v) is 4.97. The van der Waals surface area contributed by atoms with Gasteiger partial charge in [0.15, 0.2) is 4.21 Å². The molecule has 1 saturated heterocycles. The lowest BCUT2D eigenvalue weighted by Crippen LogP contribution is -2.49. The number of hydrogen-bond donors (Lipinski definition) is 2. The first-order valence-corrected chi connectivity index (χ1v) is 8.03. The molecule has 2 unspecified atom stereocenters. The molecule has 0 amide bonds. The minimum atomic E-state index is -3.59. The predicted molar refractivity (Wildman–Crippen MR) is 70.2 cm³/mol. The zero-order valence-electron chi connectivity index (χ0n) is 10.3. The Kier molecular flexibility index (Phi) is 3.63. The number of nitrogens with zero attached hydrogens (tertiary/aromatic N) is 1. The fraction of sp³-hybridized carbons (Fsp3) is 0.700. The van der Waals surface area contributed by atoms with Crippen LogP contribution in [0.25, 0.3) is 0 Å². The number of aryl methyl sites for hydroxylation is 1. The first-order valence-electron chi connectivity index (χ1n) is 5.78. The van der Waals surface area contributed by atoms with Crippen LogP contribution in [0.3, 0.4) is 0 Å². The van der Waals surface area contributed by atoms with E-state index in [-0.39, 0.29) is 15.1 Å². The first-order chi connectivity index (χ1) is 8.32. The van der Waals surface area contributed by atoms with Crippen molar-refractivity contribution in [1.29, 1.82) is 0 Å². The van der Waals surface area contributed by atoms with Crippen LogP contribution in [0.5, 0.6) is 0 Å². The van der Waals surface area contributed by atoms with Gasteiger partial charge in [0.25, 0.3) is 10.0 Å². The molecule has 18 heavy (non-hydrogen) atoms. The number of H-pyrrole nitrogens is 1. The highest BCUT2D eigenvalue weighted by Crippen LogP contribution is 2.25.